The Morgan fingerprint density at radius 2 is 1.30 bits per heavy atom. The van der Waals surface area contributed by atoms with Crippen LogP contribution < -0.4 is 32.7 Å². The van der Waals surface area contributed by atoms with Crippen molar-refractivity contribution in [2.75, 3.05) is 45.8 Å². The van der Waals surface area contributed by atoms with E-state index in [-0.39, 0.29) is 17.2 Å². The summed E-state index contributed by atoms with van der Waals surface area (Å²) in [5.41, 5.74) is 11.4. The van der Waals surface area contributed by atoms with Gasteiger partial charge in [0.25, 0.3) is 0 Å². The van der Waals surface area contributed by atoms with Gasteiger partial charge in [0.15, 0.2) is 0 Å². The Hall–Kier alpha value is -1.22. The fourth-order valence-corrected chi connectivity index (χ4v) is 2.93. The van der Waals surface area contributed by atoms with Crippen molar-refractivity contribution >= 4 is 11.8 Å². The Labute approximate surface area is 184 Å². The van der Waals surface area contributed by atoms with Crippen LogP contribution in [0.25, 0.3) is 0 Å². The van der Waals surface area contributed by atoms with Gasteiger partial charge in [0.05, 0.1) is 6.04 Å². The molecule has 178 valence electrons. The lowest BCUT2D eigenvalue weighted by Crippen LogP contribution is -2.41. The van der Waals surface area contributed by atoms with E-state index >= 15 is 0 Å². The molecule has 8 nitrogen and oxygen atoms in total. The van der Waals surface area contributed by atoms with E-state index in [0.717, 1.165) is 71.2 Å². The van der Waals surface area contributed by atoms with Crippen molar-refractivity contribution in [3.05, 3.63) is 0 Å². The number of hydrogen-bond acceptors (Lipinski definition) is 6. The summed E-state index contributed by atoms with van der Waals surface area (Å²) in [5.74, 6) is -0.00681. The van der Waals surface area contributed by atoms with E-state index in [1.54, 1.807) is 0 Å². The third-order valence-corrected chi connectivity index (χ3v) is 4.64. The molecule has 0 fully saturated rings. The number of unbranched alkanes of at least 4 members (excludes halogenated alkanes) is 2. The first-order valence-corrected chi connectivity index (χ1v) is 11.7. The molecule has 0 bridgehead atoms. The highest BCUT2D eigenvalue weighted by Gasteiger charge is 2.15. The van der Waals surface area contributed by atoms with Gasteiger partial charge in [-0.15, -0.1) is 0 Å². The second-order valence-corrected chi connectivity index (χ2v) is 9.18. The van der Waals surface area contributed by atoms with E-state index in [1.807, 2.05) is 20.8 Å². The second-order valence-electron chi connectivity index (χ2n) is 9.18. The molecule has 0 saturated carbocycles. The van der Waals surface area contributed by atoms with Crippen LogP contribution in [0.1, 0.15) is 72.1 Å². The standard InChI is InChI=1S/C22H48N6O2/c1-22(2,3)18-20(29)27-16-5-4-10-19(24)21(30)28-17-9-15-26-13-7-6-12-25-14-8-11-23/h19,25-26H,4-18,23-24H2,1-3H3,(H,27,29)(H,28,30)/t19-/m1/s1. The summed E-state index contributed by atoms with van der Waals surface area (Å²) in [6.45, 7) is 12.1. The van der Waals surface area contributed by atoms with Crippen LogP contribution in [0, 0.1) is 5.41 Å². The van der Waals surface area contributed by atoms with E-state index in [9.17, 15) is 9.59 Å². The van der Waals surface area contributed by atoms with Gasteiger partial charge in [-0.1, -0.05) is 20.8 Å². The average molecular weight is 429 g/mol. The van der Waals surface area contributed by atoms with Crippen molar-refractivity contribution in [1.29, 1.82) is 0 Å². The molecule has 0 saturated heterocycles. The molecule has 8 heteroatoms. The maximum Gasteiger partial charge on any atom is 0.236 e. The molecule has 0 aromatic carbocycles. The maximum atomic E-state index is 12.0. The highest BCUT2D eigenvalue weighted by atomic mass is 16.2. The van der Waals surface area contributed by atoms with Crippen molar-refractivity contribution in [3.8, 4) is 0 Å². The molecule has 0 radical (unpaired) electrons. The molecule has 30 heavy (non-hydrogen) atoms. The summed E-state index contributed by atoms with van der Waals surface area (Å²) >= 11 is 0. The highest BCUT2D eigenvalue weighted by Crippen LogP contribution is 2.17. The monoisotopic (exact) mass is 428 g/mol. The van der Waals surface area contributed by atoms with E-state index in [0.29, 0.717) is 25.9 Å². The van der Waals surface area contributed by atoms with Crippen molar-refractivity contribution in [3.63, 3.8) is 0 Å². The highest BCUT2D eigenvalue weighted by molar-refractivity contribution is 5.81. The first-order chi connectivity index (χ1) is 14.3. The summed E-state index contributed by atoms with van der Waals surface area (Å²) in [4.78, 5) is 23.8. The number of nitrogens with two attached hydrogens (primary N) is 2. The molecule has 0 aromatic rings. The van der Waals surface area contributed by atoms with Crippen molar-refractivity contribution in [2.24, 2.45) is 16.9 Å². The molecule has 0 heterocycles. The minimum atomic E-state index is -0.477. The molecule has 0 spiro atoms. The smallest absolute Gasteiger partial charge is 0.236 e. The second kappa shape index (κ2) is 18.5. The molecule has 1 atom stereocenters. The van der Waals surface area contributed by atoms with E-state index < -0.39 is 6.04 Å². The fourth-order valence-electron chi connectivity index (χ4n) is 2.93. The normalized spacial score (nSPS) is 12.6. The lowest BCUT2D eigenvalue weighted by molar-refractivity contribution is -0.123. The quantitative estimate of drug-likeness (QED) is 0.169. The largest absolute Gasteiger partial charge is 0.356 e. The van der Waals surface area contributed by atoms with Gasteiger partial charge >= 0.3 is 0 Å². The van der Waals surface area contributed by atoms with Crippen molar-refractivity contribution < 1.29 is 9.59 Å². The summed E-state index contributed by atoms with van der Waals surface area (Å²) in [5, 5.41) is 12.6. The number of hydrogen-bond donors (Lipinski definition) is 6. The number of rotatable bonds is 19. The van der Waals surface area contributed by atoms with Crippen LogP contribution >= 0.6 is 0 Å². The van der Waals surface area contributed by atoms with Crippen LogP contribution in [-0.4, -0.2) is 63.7 Å². The number of nitrogens with one attached hydrogen (secondary N) is 4. The van der Waals surface area contributed by atoms with Crippen LogP contribution in [0.3, 0.4) is 0 Å². The molecule has 8 N–H and O–H groups in total. The minimum Gasteiger partial charge on any atom is -0.356 e. The Morgan fingerprint density at radius 1 is 0.767 bits per heavy atom. The lowest BCUT2D eigenvalue weighted by Gasteiger charge is -2.17. The molecule has 0 unspecified atom stereocenters. The van der Waals surface area contributed by atoms with Crippen molar-refractivity contribution in [1.82, 2.24) is 21.3 Å². The predicted molar refractivity (Wildman–Crippen MR) is 125 cm³/mol. The Kier molecular flexibility index (Phi) is 17.8. The van der Waals surface area contributed by atoms with Gasteiger partial charge in [-0.3, -0.25) is 9.59 Å². The summed E-state index contributed by atoms with van der Waals surface area (Å²) in [6, 6.07) is -0.477. The number of carbonyl (C=O) groups is 2. The van der Waals surface area contributed by atoms with Gasteiger partial charge in [-0.05, 0) is 83.1 Å². The summed E-state index contributed by atoms with van der Waals surface area (Å²) in [7, 11) is 0. The molecular formula is C22H48N6O2. The third-order valence-electron chi connectivity index (χ3n) is 4.64. The van der Waals surface area contributed by atoms with Crippen LogP contribution in [0.5, 0.6) is 0 Å². The molecule has 0 aliphatic rings. The van der Waals surface area contributed by atoms with Crippen LogP contribution in [0.2, 0.25) is 0 Å². The van der Waals surface area contributed by atoms with Gasteiger partial charge < -0.3 is 32.7 Å². The molecule has 0 rings (SSSR count). The zero-order chi connectivity index (χ0) is 22.7. The first-order valence-electron chi connectivity index (χ1n) is 11.7. The van der Waals surface area contributed by atoms with Gasteiger partial charge in [0.2, 0.25) is 11.8 Å². The summed E-state index contributed by atoms with van der Waals surface area (Å²) < 4.78 is 0. The Bertz CT molecular complexity index is 440. The Morgan fingerprint density at radius 3 is 1.90 bits per heavy atom. The van der Waals surface area contributed by atoms with Crippen LogP contribution in [-0.2, 0) is 9.59 Å². The summed E-state index contributed by atoms with van der Waals surface area (Å²) in [6.07, 6.45) is 7.05. The van der Waals surface area contributed by atoms with Gasteiger partial charge in [0, 0.05) is 19.5 Å². The zero-order valence-electron chi connectivity index (χ0n) is 19.7. The van der Waals surface area contributed by atoms with Crippen molar-refractivity contribution in [2.45, 2.75) is 78.2 Å². The van der Waals surface area contributed by atoms with Gasteiger partial charge in [-0.25, -0.2) is 0 Å². The van der Waals surface area contributed by atoms with Crippen LogP contribution in [0.4, 0.5) is 0 Å². The zero-order valence-corrected chi connectivity index (χ0v) is 19.7. The number of amides is 2. The molecule has 0 aliphatic heterocycles. The first kappa shape index (κ1) is 28.8. The van der Waals surface area contributed by atoms with Gasteiger partial charge in [-0.2, -0.15) is 0 Å². The Balaban J connectivity index is 3.47. The molecule has 0 aromatic heterocycles. The minimum absolute atomic E-state index is 0.00190. The predicted octanol–water partition coefficient (Wildman–Crippen LogP) is 0.851. The topological polar surface area (TPSA) is 134 Å². The average Bonchev–Trinajstić information content (AvgIpc) is 2.66. The van der Waals surface area contributed by atoms with E-state index in [2.05, 4.69) is 21.3 Å². The SMILES string of the molecule is CC(C)(C)CC(=O)NCCCC[C@@H](N)C(=O)NCCCNCCCCNCCCN. The maximum absolute atomic E-state index is 12.0. The van der Waals surface area contributed by atoms with Gasteiger partial charge in [0.1, 0.15) is 0 Å². The van der Waals surface area contributed by atoms with E-state index in [4.69, 9.17) is 11.5 Å². The molecule has 2 amide bonds. The van der Waals surface area contributed by atoms with Crippen LogP contribution in [0.15, 0.2) is 0 Å². The third kappa shape index (κ3) is 20.1. The fraction of sp³-hybridized carbons (Fsp3) is 0.909. The number of carbonyl (C=O) groups excluding carboxylic acids is 2. The lowest BCUT2D eigenvalue weighted by atomic mass is 9.92. The molecular weight excluding hydrogens is 380 g/mol. The molecule has 0 aliphatic carbocycles. The van der Waals surface area contributed by atoms with E-state index in [1.165, 1.54) is 0 Å².